The molecule has 1 aromatic rings. The number of hydrogen-bond donors (Lipinski definition) is 1. The van der Waals surface area contributed by atoms with E-state index in [0.29, 0.717) is 11.7 Å². The Labute approximate surface area is 71.8 Å². The van der Waals surface area contributed by atoms with Gasteiger partial charge in [-0.05, 0) is 20.8 Å². The van der Waals surface area contributed by atoms with Gasteiger partial charge in [0.05, 0.1) is 0 Å². The Hall–Kier alpha value is -1.32. The fourth-order valence-corrected chi connectivity index (χ4v) is 0.705. The Morgan fingerprint density at radius 1 is 1.25 bits per heavy atom. The first kappa shape index (κ1) is 8.77. The molecule has 4 nitrogen and oxygen atoms in total. The predicted octanol–water partition coefficient (Wildman–Crippen LogP) is 1.24. The number of nitrogens with two attached hydrogens (primary N) is 1. The number of nitrogens with zero attached hydrogens (tertiary/aromatic N) is 2. The monoisotopic (exact) mass is 167 g/mol. The molecule has 0 radical (unpaired) electrons. The molecular weight excluding hydrogens is 154 g/mol. The highest BCUT2D eigenvalue weighted by molar-refractivity contribution is 5.38. The summed E-state index contributed by atoms with van der Waals surface area (Å²) in [6, 6.07) is 0. The van der Waals surface area contributed by atoms with E-state index in [1.54, 1.807) is 6.20 Å². The van der Waals surface area contributed by atoms with E-state index in [1.807, 2.05) is 20.8 Å². The van der Waals surface area contributed by atoms with Crippen molar-refractivity contribution in [2.24, 2.45) is 0 Å². The fraction of sp³-hybridized carbons (Fsp3) is 0.500. The summed E-state index contributed by atoms with van der Waals surface area (Å²) in [4.78, 5) is 7.81. The molecule has 1 aromatic heterocycles. The minimum absolute atomic E-state index is 0.288. The third-order valence-electron chi connectivity index (χ3n) is 1.09. The van der Waals surface area contributed by atoms with Gasteiger partial charge in [-0.2, -0.15) is 0 Å². The minimum atomic E-state index is -0.288. The first-order valence-corrected chi connectivity index (χ1v) is 3.74. The van der Waals surface area contributed by atoms with Gasteiger partial charge < -0.3 is 10.5 Å². The average molecular weight is 167 g/mol. The highest BCUT2D eigenvalue weighted by Gasteiger charge is 2.14. The molecule has 1 heterocycles. The maximum absolute atomic E-state index is 5.53. The third-order valence-corrected chi connectivity index (χ3v) is 1.09. The summed E-state index contributed by atoms with van der Waals surface area (Å²) in [5.74, 6) is 0.720. The van der Waals surface area contributed by atoms with Crippen molar-refractivity contribution in [2.45, 2.75) is 26.4 Å². The summed E-state index contributed by atoms with van der Waals surface area (Å²) in [5.41, 5.74) is 5.24. The Morgan fingerprint density at radius 3 is 2.33 bits per heavy atom. The van der Waals surface area contributed by atoms with Gasteiger partial charge in [-0.25, -0.2) is 9.97 Å². The van der Waals surface area contributed by atoms with E-state index in [1.165, 1.54) is 6.20 Å². The smallest absolute Gasteiger partial charge is 0.257 e. The molecule has 0 aliphatic heterocycles. The molecule has 0 fully saturated rings. The van der Waals surface area contributed by atoms with Crippen LogP contribution >= 0.6 is 0 Å². The molecule has 0 unspecified atom stereocenters. The molecule has 0 aliphatic carbocycles. The van der Waals surface area contributed by atoms with Crippen molar-refractivity contribution in [2.75, 3.05) is 5.73 Å². The number of nitrogen functional groups attached to an aromatic ring is 1. The second-order valence-electron chi connectivity index (χ2n) is 3.46. The van der Waals surface area contributed by atoms with E-state index in [-0.39, 0.29) is 5.60 Å². The minimum Gasteiger partial charge on any atom is -0.469 e. The van der Waals surface area contributed by atoms with Crippen molar-refractivity contribution in [1.29, 1.82) is 0 Å². The summed E-state index contributed by atoms with van der Waals surface area (Å²) >= 11 is 0. The van der Waals surface area contributed by atoms with Crippen molar-refractivity contribution in [1.82, 2.24) is 9.97 Å². The normalized spacial score (nSPS) is 11.2. The van der Waals surface area contributed by atoms with E-state index < -0.39 is 0 Å². The second kappa shape index (κ2) is 2.97. The van der Waals surface area contributed by atoms with Crippen LogP contribution in [0.5, 0.6) is 5.88 Å². The van der Waals surface area contributed by atoms with Crippen LogP contribution in [-0.2, 0) is 0 Å². The van der Waals surface area contributed by atoms with Gasteiger partial charge in [0.1, 0.15) is 5.60 Å². The zero-order valence-electron chi connectivity index (χ0n) is 7.53. The Kier molecular flexibility index (Phi) is 2.17. The number of ether oxygens (including phenoxy) is 1. The van der Waals surface area contributed by atoms with Crippen LogP contribution in [0.3, 0.4) is 0 Å². The lowest BCUT2D eigenvalue weighted by molar-refractivity contribution is 0.124. The third kappa shape index (κ3) is 2.38. The molecule has 2 N–H and O–H groups in total. The van der Waals surface area contributed by atoms with Crippen LogP contribution in [-0.4, -0.2) is 15.6 Å². The molecule has 0 saturated heterocycles. The molecule has 4 heteroatoms. The Bertz CT molecular complexity index is 267. The number of hydrogen-bond acceptors (Lipinski definition) is 4. The molecule has 0 aromatic carbocycles. The molecule has 0 amide bonds. The lowest BCUT2D eigenvalue weighted by Crippen LogP contribution is -2.24. The van der Waals surface area contributed by atoms with E-state index >= 15 is 0 Å². The Balaban J connectivity index is 2.83. The largest absolute Gasteiger partial charge is 0.469 e. The zero-order valence-corrected chi connectivity index (χ0v) is 7.53. The van der Waals surface area contributed by atoms with Crippen LogP contribution in [0.2, 0.25) is 0 Å². The molecular formula is C8H13N3O. The van der Waals surface area contributed by atoms with Gasteiger partial charge >= 0.3 is 0 Å². The molecule has 0 atom stereocenters. The summed E-state index contributed by atoms with van der Waals surface area (Å²) in [6.45, 7) is 5.80. The first-order valence-electron chi connectivity index (χ1n) is 3.74. The van der Waals surface area contributed by atoms with Crippen LogP contribution in [0.25, 0.3) is 0 Å². The lowest BCUT2D eigenvalue weighted by Gasteiger charge is -2.20. The summed E-state index contributed by atoms with van der Waals surface area (Å²) < 4.78 is 5.43. The van der Waals surface area contributed by atoms with Crippen LogP contribution < -0.4 is 10.5 Å². The standard InChI is InChI=1S/C8H13N3O/c1-8(2,3)12-7-6(9)10-4-5-11-7/h4-5H,1-3H3,(H2,9,10). The molecule has 0 spiro atoms. The Morgan fingerprint density at radius 2 is 1.83 bits per heavy atom. The quantitative estimate of drug-likeness (QED) is 0.683. The maximum Gasteiger partial charge on any atom is 0.257 e. The van der Waals surface area contributed by atoms with Gasteiger partial charge in [-0.15, -0.1) is 0 Å². The van der Waals surface area contributed by atoms with Gasteiger partial charge in [0.15, 0.2) is 5.82 Å². The lowest BCUT2D eigenvalue weighted by atomic mass is 10.2. The van der Waals surface area contributed by atoms with Gasteiger partial charge in [0.25, 0.3) is 5.88 Å². The van der Waals surface area contributed by atoms with Crippen molar-refractivity contribution >= 4 is 5.82 Å². The number of anilines is 1. The second-order valence-corrected chi connectivity index (χ2v) is 3.46. The maximum atomic E-state index is 5.53. The first-order chi connectivity index (χ1) is 5.49. The van der Waals surface area contributed by atoms with E-state index in [4.69, 9.17) is 10.5 Å². The van der Waals surface area contributed by atoms with E-state index in [9.17, 15) is 0 Å². The van der Waals surface area contributed by atoms with Crippen LogP contribution in [0.15, 0.2) is 12.4 Å². The van der Waals surface area contributed by atoms with Gasteiger partial charge in [-0.3, -0.25) is 0 Å². The van der Waals surface area contributed by atoms with Crippen LogP contribution in [0.4, 0.5) is 5.82 Å². The number of rotatable bonds is 1. The number of aromatic nitrogens is 2. The SMILES string of the molecule is CC(C)(C)Oc1nccnc1N. The van der Waals surface area contributed by atoms with E-state index in [0.717, 1.165) is 0 Å². The van der Waals surface area contributed by atoms with Crippen molar-refractivity contribution in [3.05, 3.63) is 12.4 Å². The van der Waals surface area contributed by atoms with Crippen LogP contribution in [0, 0.1) is 0 Å². The van der Waals surface area contributed by atoms with Crippen LogP contribution in [0.1, 0.15) is 20.8 Å². The predicted molar refractivity (Wildman–Crippen MR) is 46.8 cm³/mol. The van der Waals surface area contributed by atoms with Crippen molar-refractivity contribution in [3.63, 3.8) is 0 Å². The molecule has 12 heavy (non-hydrogen) atoms. The van der Waals surface area contributed by atoms with Crippen molar-refractivity contribution in [3.8, 4) is 5.88 Å². The average Bonchev–Trinajstić information content (AvgIpc) is 1.91. The van der Waals surface area contributed by atoms with Gasteiger partial charge in [-0.1, -0.05) is 0 Å². The molecule has 0 bridgehead atoms. The molecule has 1 rings (SSSR count). The summed E-state index contributed by atoms with van der Waals surface area (Å²) in [5, 5.41) is 0. The highest BCUT2D eigenvalue weighted by Crippen LogP contribution is 2.19. The molecule has 0 saturated carbocycles. The van der Waals surface area contributed by atoms with Gasteiger partial charge in [0, 0.05) is 12.4 Å². The highest BCUT2D eigenvalue weighted by atomic mass is 16.5. The molecule has 66 valence electrons. The fourth-order valence-electron chi connectivity index (χ4n) is 0.705. The van der Waals surface area contributed by atoms with E-state index in [2.05, 4.69) is 9.97 Å². The zero-order chi connectivity index (χ0) is 9.19. The topological polar surface area (TPSA) is 61.0 Å². The molecule has 0 aliphatic rings. The summed E-state index contributed by atoms with van der Waals surface area (Å²) in [7, 11) is 0. The van der Waals surface area contributed by atoms with Crippen molar-refractivity contribution < 1.29 is 4.74 Å². The summed E-state index contributed by atoms with van der Waals surface area (Å²) in [6.07, 6.45) is 3.09. The van der Waals surface area contributed by atoms with Gasteiger partial charge in [0.2, 0.25) is 0 Å².